The summed E-state index contributed by atoms with van der Waals surface area (Å²) in [6.07, 6.45) is 6.58. The van der Waals surface area contributed by atoms with Crippen LogP contribution in [0.5, 0.6) is 0 Å². The third-order valence-electron chi connectivity index (χ3n) is 4.63. The molecule has 2 atom stereocenters. The number of carboxylic acids is 1. The van der Waals surface area contributed by atoms with E-state index >= 15 is 0 Å². The number of carbonyl (C=O) groups is 1. The van der Waals surface area contributed by atoms with E-state index in [1.165, 1.54) is 17.5 Å². The van der Waals surface area contributed by atoms with Crippen molar-refractivity contribution in [3.05, 3.63) is 35.4 Å². The summed E-state index contributed by atoms with van der Waals surface area (Å²) in [4.78, 5) is 15.4. The number of carboxylic acid groups (broad SMARTS) is 1. The van der Waals surface area contributed by atoms with Crippen LogP contribution in [0.25, 0.3) is 0 Å². The quantitative estimate of drug-likeness (QED) is 0.391. The Kier molecular flexibility index (Phi) is 14.0. The minimum Gasteiger partial charge on any atom is -0.480 e. The van der Waals surface area contributed by atoms with E-state index in [-0.39, 0.29) is 5.92 Å². The number of hydrogen-bond acceptors (Lipinski definition) is 3. The highest BCUT2D eigenvalue weighted by Crippen LogP contribution is 2.23. The van der Waals surface area contributed by atoms with Crippen LogP contribution in [0.4, 0.5) is 0 Å². The van der Waals surface area contributed by atoms with Crippen molar-refractivity contribution in [3.8, 4) is 0 Å². The Balaban J connectivity index is 0.000000890. The second kappa shape index (κ2) is 14.7. The zero-order chi connectivity index (χ0) is 23.3. The Morgan fingerprint density at radius 1 is 1.10 bits per heavy atom. The Bertz CT molecular complexity index is 615. The summed E-state index contributed by atoms with van der Waals surface area (Å²) >= 11 is 1.65. The van der Waals surface area contributed by atoms with Gasteiger partial charge >= 0.3 is 5.97 Å². The van der Waals surface area contributed by atoms with Crippen molar-refractivity contribution in [2.75, 3.05) is 12.0 Å². The zero-order valence-electron chi connectivity index (χ0n) is 20.7. The first-order valence-corrected chi connectivity index (χ1v) is 12.6. The lowest BCUT2D eigenvalue weighted by Crippen LogP contribution is -2.19. The highest BCUT2D eigenvalue weighted by atomic mass is 32.2. The Morgan fingerprint density at radius 2 is 1.67 bits per heavy atom. The predicted molar refractivity (Wildman–Crippen MR) is 135 cm³/mol. The van der Waals surface area contributed by atoms with Crippen LogP contribution in [0.15, 0.2) is 29.3 Å². The summed E-state index contributed by atoms with van der Waals surface area (Å²) in [6, 6.07) is 8.03. The fourth-order valence-corrected chi connectivity index (χ4v) is 3.89. The molecule has 0 aromatic heterocycles. The number of nitrogens with zero attached hydrogens (tertiary/aromatic N) is 1. The van der Waals surface area contributed by atoms with Gasteiger partial charge in [-0.15, -0.1) is 0 Å². The van der Waals surface area contributed by atoms with Crippen molar-refractivity contribution in [2.45, 2.75) is 86.6 Å². The molecule has 0 bridgehead atoms. The number of thioether (sulfide) groups is 1. The molecule has 4 heteroatoms. The lowest BCUT2D eigenvalue weighted by atomic mass is 9.86. The molecule has 1 rings (SSSR count). The van der Waals surface area contributed by atoms with Crippen LogP contribution >= 0.6 is 11.8 Å². The van der Waals surface area contributed by atoms with Gasteiger partial charge in [0.15, 0.2) is 0 Å². The lowest BCUT2D eigenvalue weighted by Gasteiger charge is -2.19. The van der Waals surface area contributed by atoms with Gasteiger partial charge in [0, 0.05) is 6.21 Å². The van der Waals surface area contributed by atoms with Gasteiger partial charge in [0.2, 0.25) is 0 Å². The van der Waals surface area contributed by atoms with Gasteiger partial charge in [-0.1, -0.05) is 79.7 Å². The van der Waals surface area contributed by atoms with Gasteiger partial charge in [0.25, 0.3) is 0 Å². The van der Waals surface area contributed by atoms with Crippen LogP contribution in [0.2, 0.25) is 0 Å². The Labute approximate surface area is 190 Å². The van der Waals surface area contributed by atoms with E-state index in [1.807, 2.05) is 6.26 Å². The second-order valence-corrected chi connectivity index (χ2v) is 11.2. The first-order valence-electron chi connectivity index (χ1n) is 11.2. The molecule has 0 amide bonds. The molecule has 30 heavy (non-hydrogen) atoms. The van der Waals surface area contributed by atoms with Crippen LogP contribution in [0.1, 0.15) is 85.3 Å². The molecule has 2 unspecified atom stereocenters. The van der Waals surface area contributed by atoms with Gasteiger partial charge in [0.05, 0.1) is 0 Å². The average Bonchev–Trinajstić information content (AvgIpc) is 2.60. The molecule has 0 saturated heterocycles. The predicted octanol–water partition coefficient (Wildman–Crippen LogP) is 7.34. The molecule has 0 aliphatic heterocycles. The molecule has 0 aliphatic rings. The maximum absolute atomic E-state index is 11.2. The van der Waals surface area contributed by atoms with E-state index in [0.29, 0.717) is 17.8 Å². The molecule has 0 radical (unpaired) electrons. The first kappa shape index (κ1) is 28.7. The molecule has 1 aromatic carbocycles. The fourth-order valence-electron chi connectivity index (χ4n) is 3.43. The smallest absolute Gasteiger partial charge is 0.328 e. The van der Waals surface area contributed by atoms with Gasteiger partial charge in [-0.2, -0.15) is 11.8 Å². The van der Waals surface area contributed by atoms with Crippen molar-refractivity contribution in [1.82, 2.24) is 0 Å². The number of hydrogen-bond donors (Lipinski definition) is 1. The highest BCUT2D eigenvalue weighted by molar-refractivity contribution is 7.98. The maximum atomic E-state index is 11.2. The molecular weight excluding hydrogens is 390 g/mol. The summed E-state index contributed by atoms with van der Waals surface area (Å²) in [5, 5.41) is 9.16. The van der Waals surface area contributed by atoms with Gasteiger partial charge in [0.1, 0.15) is 6.04 Å². The van der Waals surface area contributed by atoms with Crippen molar-refractivity contribution >= 4 is 23.9 Å². The second-order valence-electron chi connectivity index (χ2n) is 10.2. The molecule has 3 nitrogen and oxygen atoms in total. The zero-order valence-corrected chi connectivity index (χ0v) is 21.6. The topological polar surface area (TPSA) is 49.7 Å². The normalized spacial score (nSPS) is 14.0. The Hall–Kier alpha value is -1.29. The third-order valence-corrected chi connectivity index (χ3v) is 5.27. The molecule has 1 aromatic rings. The first-order chi connectivity index (χ1) is 13.9. The standard InChI is InChI=1S/C18H27NO2S.C8H18/c1-13(2)16-7-5-15(6-8-16)11-14(3)12-19-17(18(20)21)9-10-22-4;1-7(2)6-8(3,4)5/h5-8,12-14,17H,9-11H2,1-4H3,(H,20,21);7H,6H2,1-5H3. The van der Waals surface area contributed by atoms with Crippen molar-refractivity contribution in [1.29, 1.82) is 0 Å². The van der Waals surface area contributed by atoms with Gasteiger partial charge in [-0.25, -0.2) is 4.79 Å². The third kappa shape index (κ3) is 14.7. The molecular formula is C26H45NO2S. The van der Waals surface area contributed by atoms with Gasteiger partial charge < -0.3 is 5.11 Å². The van der Waals surface area contributed by atoms with Crippen LogP contribution < -0.4 is 0 Å². The van der Waals surface area contributed by atoms with Crippen LogP contribution in [0, 0.1) is 17.3 Å². The molecule has 0 aliphatic carbocycles. The number of aliphatic carboxylic acids is 1. The molecule has 1 N–H and O–H groups in total. The largest absolute Gasteiger partial charge is 0.480 e. The van der Waals surface area contributed by atoms with Crippen LogP contribution in [-0.2, 0) is 11.2 Å². The fraction of sp³-hybridized carbons (Fsp3) is 0.692. The number of benzene rings is 1. The number of rotatable bonds is 10. The number of aliphatic imine (C=N–C) groups is 1. The lowest BCUT2D eigenvalue weighted by molar-refractivity contribution is -0.138. The minimum absolute atomic E-state index is 0.237. The van der Waals surface area contributed by atoms with Gasteiger partial charge in [-0.3, -0.25) is 4.99 Å². The summed E-state index contributed by atoms with van der Waals surface area (Å²) < 4.78 is 0. The SMILES string of the molecule is CC(C)CC(C)(C)C.CSCCC(N=CC(C)Cc1ccc(C(C)C)cc1)C(=O)O. The molecule has 0 saturated carbocycles. The minimum atomic E-state index is -0.834. The monoisotopic (exact) mass is 435 g/mol. The van der Waals surface area contributed by atoms with Crippen molar-refractivity contribution < 1.29 is 9.90 Å². The van der Waals surface area contributed by atoms with Crippen molar-refractivity contribution in [2.24, 2.45) is 22.2 Å². The molecule has 0 heterocycles. The highest BCUT2D eigenvalue weighted by Gasteiger charge is 2.15. The van der Waals surface area contributed by atoms with E-state index in [1.54, 1.807) is 18.0 Å². The average molecular weight is 436 g/mol. The van der Waals surface area contributed by atoms with Crippen molar-refractivity contribution in [3.63, 3.8) is 0 Å². The van der Waals surface area contributed by atoms with E-state index < -0.39 is 12.0 Å². The molecule has 172 valence electrons. The van der Waals surface area contributed by atoms with E-state index in [2.05, 4.69) is 84.6 Å². The van der Waals surface area contributed by atoms with Crippen LogP contribution in [0.3, 0.4) is 0 Å². The van der Waals surface area contributed by atoms with E-state index in [0.717, 1.165) is 18.1 Å². The Morgan fingerprint density at radius 3 is 2.03 bits per heavy atom. The van der Waals surface area contributed by atoms with E-state index in [9.17, 15) is 4.79 Å². The van der Waals surface area contributed by atoms with Crippen LogP contribution in [-0.4, -0.2) is 35.3 Å². The summed E-state index contributed by atoms with van der Waals surface area (Å²) in [6.45, 7) is 17.8. The summed E-state index contributed by atoms with van der Waals surface area (Å²) in [5.74, 6) is 1.61. The van der Waals surface area contributed by atoms with E-state index in [4.69, 9.17) is 5.11 Å². The maximum Gasteiger partial charge on any atom is 0.328 e. The summed E-state index contributed by atoms with van der Waals surface area (Å²) in [7, 11) is 0. The molecule has 0 spiro atoms. The van der Waals surface area contributed by atoms with Gasteiger partial charge in [-0.05, 0) is 65.6 Å². The summed E-state index contributed by atoms with van der Waals surface area (Å²) in [5.41, 5.74) is 3.13. The molecule has 0 fully saturated rings.